The zero-order valence-electron chi connectivity index (χ0n) is 12.7. The van der Waals surface area contributed by atoms with Gasteiger partial charge in [0.25, 0.3) is 0 Å². The van der Waals surface area contributed by atoms with Gasteiger partial charge in [0.15, 0.2) is 0 Å². The molecule has 0 radical (unpaired) electrons. The highest BCUT2D eigenvalue weighted by molar-refractivity contribution is 6.30. The van der Waals surface area contributed by atoms with Crippen molar-refractivity contribution < 1.29 is 9.13 Å². The molecule has 0 amide bonds. The van der Waals surface area contributed by atoms with Gasteiger partial charge in [0.05, 0.1) is 0 Å². The molecule has 0 aromatic heterocycles. The number of benzene rings is 1. The quantitative estimate of drug-likeness (QED) is 0.836. The lowest BCUT2D eigenvalue weighted by Crippen LogP contribution is -2.47. The summed E-state index contributed by atoms with van der Waals surface area (Å²) in [5.41, 5.74) is 0.693. The molecule has 1 fully saturated rings. The van der Waals surface area contributed by atoms with Gasteiger partial charge in [-0.05, 0) is 37.1 Å². The maximum atomic E-state index is 13.3. The number of hydrogen-bond donors (Lipinski definition) is 0. The molecule has 1 aromatic carbocycles. The van der Waals surface area contributed by atoms with E-state index in [9.17, 15) is 4.39 Å². The summed E-state index contributed by atoms with van der Waals surface area (Å²) >= 11 is 5.85. The van der Waals surface area contributed by atoms with Gasteiger partial charge in [0.1, 0.15) is 24.9 Å². The summed E-state index contributed by atoms with van der Waals surface area (Å²) in [6.07, 6.45) is 3.07. The predicted octanol–water partition coefficient (Wildman–Crippen LogP) is 3.23. The molecule has 1 saturated heterocycles. The Morgan fingerprint density at radius 2 is 2.23 bits per heavy atom. The lowest BCUT2D eigenvalue weighted by molar-refractivity contribution is 0.133. The minimum Gasteiger partial charge on any atom is -0.473 e. The number of rotatable bonds is 2. The minimum absolute atomic E-state index is 0.249. The standard InChI is InChI=1S/C16H19ClFN3O/c1-11-3-4-21-10-19-15(8-16(21)20(11)2)22-9-12-5-13(17)7-14(18)6-12/h5-8,11H,3-4,9-10H2,1-2H3. The molecule has 0 saturated carbocycles. The predicted molar refractivity (Wildman–Crippen MR) is 85.1 cm³/mol. The molecule has 1 atom stereocenters. The SMILES string of the molecule is CC1CCN2CN=C(OCc3cc(F)cc(Cl)c3)C=C2N1C. The highest BCUT2D eigenvalue weighted by Gasteiger charge is 2.27. The van der Waals surface area contributed by atoms with Crippen molar-refractivity contribution in [2.45, 2.75) is 26.0 Å². The van der Waals surface area contributed by atoms with Crippen LogP contribution in [-0.2, 0) is 11.3 Å². The average molecular weight is 324 g/mol. The Kier molecular flexibility index (Phi) is 4.25. The fourth-order valence-corrected chi connectivity index (χ4v) is 2.93. The van der Waals surface area contributed by atoms with Crippen molar-refractivity contribution in [3.63, 3.8) is 0 Å². The van der Waals surface area contributed by atoms with E-state index in [0.717, 1.165) is 18.8 Å². The summed E-state index contributed by atoms with van der Waals surface area (Å²) < 4.78 is 19.0. The molecule has 0 aliphatic carbocycles. The number of ether oxygens (including phenoxy) is 1. The highest BCUT2D eigenvalue weighted by Crippen LogP contribution is 2.24. The van der Waals surface area contributed by atoms with Crippen LogP contribution in [0.2, 0.25) is 5.02 Å². The topological polar surface area (TPSA) is 28.1 Å². The van der Waals surface area contributed by atoms with Crippen molar-refractivity contribution in [2.24, 2.45) is 4.99 Å². The number of nitrogens with zero attached hydrogens (tertiary/aromatic N) is 3. The summed E-state index contributed by atoms with van der Waals surface area (Å²) in [6.45, 7) is 4.06. The summed E-state index contributed by atoms with van der Waals surface area (Å²) in [7, 11) is 2.08. The fourth-order valence-electron chi connectivity index (χ4n) is 2.69. The van der Waals surface area contributed by atoms with Gasteiger partial charge in [-0.2, -0.15) is 0 Å². The van der Waals surface area contributed by atoms with Gasteiger partial charge in [-0.3, -0.25) is 0 Å². The zero-order valence-corrected chi connectivity index (χ0v) is 13.5. The molecule has 2 aliphatic rings. The maximum Gasteiger partial charge on any atom is 0.214 e. The smallest absolute Gasteiger partial charge is 0.214 e. The molecule has 6 heteroatoms. The minimum atomic E-state index is -0.359. The van der Waals surface area contributed by atoms with Crippen LogP contribution in [0.4, 0.5) is 4.39 Å². The number of fused-ring (bicyclic) bond motifs is 1. The Morgan fingerprint density at radius 1 is 1.41 bits per heavy atom. The van der Waals surface area contributed by atoms with E-state index in [4.69, 9.17) is 16.3 Å². The largest absolute Gasteiger partial charge is 0.473 e. The molecule has 0 bridgehead atoms. The Bertz CT molecular complexity index is 612. The fraction of sp³-hybridized carbons (Fsp3) is 0.438. The maximum absolute atomic E-state index is 13.3. The molecule has 1 aromatic rings. The molecule has 4 nitrogen and oxygen atoms in total. The Morgan fingerprint density at radius 3 is 3.00 bits per heavy atom. The van der Waals surface area contributed by atoms with Gasteiger partial charge in [0.2, 0.25) is 5.90 Å². The van der Waals surface area contributed by atoms with Crippen LogP contribution in [0.5, 0.6) is 0 Å². The van der Waals surface area contributed by atoms with Crippen molar-refractivity contribution >= 4 is 17.5 Å². The second kappa shape index (κ2) is 6.16. The van der Waals surface area contributed by atoms with E-state index in [2.05, 4.69) is 28.8 Å². The van der Waals surface area contributed by atoms with E-state index < -0.39 is 0 Å². The normalized spacial score (nSPS) is 21.2. The van der Waals surface area contributed by atoms with E-state index in [0.29, 0.717) is 29.2 Å². The van der Waals surface area contributed by atoms with E-state index in [1.54, 1.807) is 6.07 Å². The molecule has 2 aliphatic heterocycles. The van der Waals surface area contributed by atoms with Crippen molar-refractivity contribution in [3.8, 4) is 0 Å². The van der Waals surface area contributed by atoms with Crippen LogP contribution in [0.1, 0.15) is 18.9 Å². The van der Waals surface area contributed by atoms with E-state index in [1.165, 1.54) is 12.1 Å². The lowest BCUT2D eigenvalue weighted by atomic mass is 10.1. The first-order valence-electron chi connectivity index (χ1n) is 7.34. The molecule has 118 valence electrons. The van der Waals surface area contributed by atoms with Gasteiger partial charge in [-0.25, -0.2) is 9.38 Å². The molecule has 2 heterocycles. The Labute approximate surface area is 134 Å². The Balaban J connectivity index is 1.68. The summed E-state index contributed by atoms with van der Waals surface area (Å²) in [5.74, 6) is 1.34. The second-order valence-corrected chi connectivity index (χ2v) is 6.16. The van der Waals surface area contributed by atoms with Crippen LogP contribution in [0, 0.1) is 5.82 Å². The van der Waals surface area contributed by atoms with Gasteiger partial charge in [0, 0.05) is 30.7 Å². The molecular formula is C16H19ClFN3O. The average Bonchev–Trinajstić information content (AvgIpc) is 2.48. The van der Waals surface area contributed by atoms with Crippen LogP contribution >= 0.6 is 11.6 Å². The number of aliphatic imine (C=N–C) groups is 1. The molecular weight excluding hydrogens is 305 g/mol. The van der Waals surface area contributed by atoms with Crippen molar-refractivity contribution in [2.75, 3.05) is 20.3 Å². The van der Waals surface area contributed by atoms with E-state index in [1.807, 2.05) is 6.08 Å². The first-order chi connectivity index (χ1) is 10.5. The van der Waals surface area contributed by atoms with Crippen LogP contribution in [0.3, 0.4) is 0 Å². The van der Waals surface area contributed by atoms with Crippen molar-refractivity contribution in [1.82, 2.24) is 9.80 Å². The van der Waals surface area contributed by atoms with Crippen molar-refractivity contribution in [1.29, 1.82) is 0 Å². The van der Waals surface area contributed by atoms with Gasteiger partial charge in [-0.1, -0.05) is 11.6 Å². The number of hydrogen-bond acceptors (Lipinski definition) is 4. The second-order valence-electron chi connectivity index (χ2n) is 5.72. The van der Waals surface area contributed by atoms with Crippen LogP contribution in [0.25, 0.3) is 0 Å². The molecule has 0 spiro atoms. The van der Waals surface area contributed by atoms with Crippen LogP contribution in [-0.4, -0.2) is 42.0 Å². The summed E-state index contributed by atoms with van der Waals surface area (Å²) in [6, 6.07) is 4.90. The molecule has 22 heavy (non-hydrogen) atoms. The summed E-state index contributed by atoms with van der Waals surface area (Å²) in [4.78, 5) is 8.89. The monoisotopic (exact) mass is 323 g/mol. The van der Waals surface area contributed by atoms with Gasteiger partial charge >= 0.3 is 0 Å². The van der Waals surface area contributed by atoms with Gasteiger partial charge in [-0.15, -0.1) is 0 Å². The van der Waals surface area contributed by atoms with Gasteiger partial charge < -0.3 is 14.5 Å². The third-order valence-corrected chi connectivity index (χ3v) is 4.34. The third kappa shape index (κ3) is 3.19. The van der Waals surface area contributed by atoms with E-state index in [-0.39, 0.29) is 12.4 Å². The van der Waals surface area contributed by atoms with Crippen molar-refractivity contribution in [3.05, 3.63) is 46.5 Å². The molecule has 3 rings (SSSR count). The molecule has 1 unspecified atom stereocenters. The number of halogens is 2. The highest BCUT2D eigenvalue weighted by atomic mass is 35.5. The van der Waals surface area contributed by atoms with Crippen LogP contribution < -0.4 is 0 Å². The third-order valence-electron chi connectivity index (χ3n) is 4.12. The summed E-state index contributed by atoms with van der Waals surface area (Å²) in [5, 5.41) is 0.370. The van der Waals surface area contributed by atoms with E-state index >= 15 is 0 Å². The zero-order chi connectivity index (χ0) is 15.7. The molecule has 0 N–H and O–H groups in total. The Hall–Kier alpha value is -1.75. The van der Waals surface area contributed by atoms with Crippen LogP contribution in [0.15, 0.2) is 35.1 Å². The lowest BCUT2D eigenvalue weighted by Gasteiger charge is -2.43. The first kappa shape index (κ1) is 15.2. The first-order valence-corrected chi connectivity index (χ1v) is 7.72.